The number of amides is 2. The maximum absolute atomic E-state index is 12.4. The van der Waals surface area contributed by atoms with Gasteiger partial charge in [0.1, 0.15) is 5.60 Å². The van der Waals surface area contributed by atoms with Gasteiger partial charge < -0.3 is 23.7 Å². The minimum Gasteiger partial charge on any atom is -0.459 e. The predicted octanol–water partition coefficient (Wildman–Crippen LogP) is 0.369. The molecular weight excluding hydrogens is 288 g/mol. The number of furan rings is 1. The van der Waals surface area contributed by atoms with Gasteiger partial charge in [-0.25, -0.2) is 0 Å². The molecule has 0 saturated carbocycles. The Balaban J connectivity index is 1.76. The van der Waals surface area contributed by atoms with Gasteiger partial charge in [0.2, 0.25) is 5.91 Å². The number of carbonyl (C=O) groups is 2. The molecule has 1 aromatic rings. The molecule has 2 saturated heterocycles. The third-order valence-corrected chi connectivity index (χ3v) is 4.06. The Bertz CT molecular complexity index is 544. The van der Waals surface area contributed by atoms with Crippen molar-refractivity contribution >= 4 is 11.8 Å². The van der Waals surface area contributed by atoms with E-state index < -0.39 is 5.60 Å². The predicted molar refractivity (Wildman–Crippen MR) is 76.4 cm³/mol. The molecule has 2 aliphatic rings. The molecule has 2 amide bonds. The van der Waals surface area contributed by atoms with E-state index in [9.17, 15) is 9.59 Å². The third-order valence-electron chi connectivity index (χ3n) is 4.06. The van der Waals surface area contributed by atoms with Crippen molar-refractivity contribution in [3.63, 3.8) is 0 Å². The maximum atomic E-state index is 12.4. The Morgan fingerprint density at radius 2 is 1.95 bits per heavy atom. The highest BCUT2D eigenvalue weighted by atomic mass is 16.5. The number of rotatable bonds is 1. The fourth-order valence-electron chi connectivity index (χ4n) is 2.93. The molecule has 0 unspecified atom stereocenters. The summed E-state index contributed by atoms with van der Waals surface area (Å²) in [6.07, 6.45) is 1.48. The molecule has 7 heteroatoms. The molecule has 7 nitrogen and oxygen atoms in total. The molecule has 0 aromatic carbocycles. The van der Waals surface area contributed by atoms with Crippen LogP contribution < -0.4 is 0 Å². The monoisotopic (exact) mass is 308 g/mol. The summed E-state index contributed by atoms with van der Waals surface area (Å²) in [4.78, 5) is 27.6. The van der Waals surface area contributed by atoms with Crippen molar-refractivity contribution in [1.29, 1.82) is 0 Å². The van der Waals surface area contributed by atoms with Gasteiger partial charge in [0, 0.05) is 20.0 Å². The molecule has 1 aromatic heterocycles. The second kappa shape index (κ2) is 6.10. The average Bonchev–Trinajstić information content (AvgIpc) is 2.97. The summed E-state index contributed by atoms with van der Waals surface area (Å²) >= 11 is 0. The van der Waals surface area contributed by atoms with Crippen molar-refractivity contribution in [2.75, 3.05) is 46.0 Å². The molecule has 1 spiro atoms. The summed E-state index contributed by atoms with van der Waals surface area (Å²) in [5, 5.41) is 0. The molecule has 2 fully saturated rings. The van der Waals surface area contributed by atoms with Crippen LogP contribution in [0.2, 0.25) is 0 Å². The maximum Gasteiger partial charge on any atom is 0.289 e. The number of carbonyl (C=O) groups excluding carboxylic acids is 2. The van der Waals surface area contributed by atoms with E-state index in [1.54, 1.807) is 21.9 Å². The van der Waals surface area contributed by atoms with Gasteiger partial charge in [-0.1, -0.05) is 0 Å². The first-order chi connectivity index (χ1) is 10.6. The van der Waals surface area contributed by atoms with Crippen molar-refractivity contribution in [2.24, 2.45) is 0 Å². The highest BCUT2D eigenvalue weighted by Gasteiger charge is 2.42. The van der Waals surface area contributed by atoms with Gasteiger partial charge in [0.05, 0.1) is 39.2 Å². The van der Waals surface area contributed by atoms with Crippen molar-refractivity contribution < 1.29 is 23.5 Å². The van der Waals surface area contributed by atoms with Gasteiger partial charge in [0.15, 0.2) is 5.76 Å². The highest BCUT2D eigenvalue weighted by Crippen LogP contribution is 2.24. The standard InChI is InChI=1S/C15H20N2O5/c1-12(18)16-4-7-20-11-15(9-16)10-17(5-8-22-15)14(19)13-3-2-6-21-13/h2-3,6H,4-5,7-11H2,1H3/t15-/m0/s1. The Labute approximate surface area is 128 Å². The summed E-state index contributed by atoms with van der Waals surface area (Å²) < 4.78 is 16.7. The molecule has 0 bridgehead atoms. The Morgan fingerprint density at radius 3 is 2.68 bits per heavy atom. The molecule has 120 valence electrons. The summed E-state index contributed by atoms with van der Waals surface area (Å²) in [5.74, 6) is 0.143. The zero-order chi connectivity index (χ0) is 15.6. The van der Waals surface area contributed by atoms with Crippen molar-refractivity contribution in [1.82, 2.24) is 9.80 Å². The number of hydrogen-bond donors (Lipinski definition) is 0. The van der Waals surface area contributed by atoms with Gasteiger partial charge in [-0.15, -0.1) is 0 Å². The van der Waals surface area contributed by atoms with Crippen LogP contribution in [0, 0.1) is 0 Å². The Hall–Kier alpha value is -1.86. The summed E-state index contributed by atoms with van der Waals surface area (Å²) in [5.41, 5.74) is -0.664. The molecule has 2 aliphatic heterocycles. The highest BCUT2D eigenvalue weighted by molar-refractivity contribution is 5.91. The van der Waals surface area contributed by atoms with Gasteiger partial charge in [-0.3, -0.25) is 9.59 Å². The Kier molecular flexibility index (Phi) is 4.17. The number of hydrogen-bond acceptors (Lipinski definition) is 5. The van der Waals surface area contributed by atoms with E-state index in [2.05, 4.69) is 0 Å². The van der Waals surface area contributed by atoms with Crippen LogP contribution in [0.4, 0.5) is 0 Å². The fraction of sp³-hybridized carbons (Fsp3) is 0.600. The molecular formula is C15H20N2O5. The molecule has 1 atom stereocenters. The second-order valence-corrected chi connectivity index (χ2v) is 5.73. The number of ether oxygens (including phenoxy) is 2. The summed E-state index contributed by atoms with van der Waals surface area (Å²) in [6.45, 7) is 4.68. The van der Waals surface area contributed by atoms with Gasteiger partial charge in [-0.05, 0) is 12.1 Å². The van der Waals surface area contributed by atoms with Crippen LogP contribution in [0.15, 0.2) is 22.8 Å². The van der Waals surface area contributed by atoms with Crippen molar-refractivity contribution in [2.45, 2.75) is 12.5 Å². The minimum absolute atomic E-state index is 0.0111. The quantitative estimate of drug-likeness (QED) is 0.749. The molecule has 3 heterocycles. The first kappa shape index (κ1) is 15.1. The number of nitrogens with zero attached hydrogens (tertiary/aromatic N) is 2. The molecule has 0 radical (unpaired) electrons. The molecule has 3 rings (SSSR count). The zero-order valence-electron chi connectivity index (χ0n) is 12.6. The topological polar surface area (TPSA) is 72.2 Å². The smallest absolute Gasteiger partial charge is 0.289 e. The largest absolute Gasteiger partial charge is 0.459 e. The van der Waals surface area contributed by atoms with E-state index in [4.69, 9.17) is 13.9 Å². The van der Waals surface area contributed by atoms with Crippen LogP contribution in [0.5, 0.6) is 0 Å². The molecule has 0 aliphatic carbocycles. The van der Waals surface area contributed by atoms with Gasteiger partial charge >= 0.3 is 0 Å². The Morgan fingerprint density at radius 1 is 1.18 bits per heavy atom. The minimum atomic E-state index is -0.664. The van der Waals surface area contributed by atoms with Crippen molar-refractivity contribution in [3.8, 4) is 0 Å². The van der Waals surface area contributed by atoms with Crippen LogP contribution in [-0.2, 0) is 14.3 Å². The van der Waals surface area contributed by atoms with Gasteiger partial charge in [0.25, 0.3) is 5.91 Å². The van der Waals surface area contributed by atoms with Crippen molar-refractivity contribution in [3.05, 3.63) is 24.2 Å². The molecule has 0 N–H and O–H groups in total. The van der Waals surface area contributed by atoms with Crippen LogP contribution in [0.1, 0.15) is 17.5 Å². The lowest BCUT2D eigenvalue weighted by Crippen LogP contribution is -2.60. The van der Waals surface area contributed by atoms with E-state index in [-0.39, 0.29) is 11.8 Å². The SMILES string of the molecule is CC(=O)N1CCOC[C@]2(C1)CN(C(=O)c1ccco1)CCO2. The first-order valence-corrected chi connectivity index (χ1v) is 7.40. The van der Waals surface area contributed by atoms with Crippen LogP contribution in [0.25, 0.3) is 0 Å². The van der Waals surface area contributed by atoms with Gasteiger partial charge in [-0.2, -0.15) is 0 Å². The zero-order valence-corrected chi connectivity index (χ0v) is 12.6. The second-order valence-electron chi connectivity index (χ2n) is 5.73. The van der Waals surface area contributed by atoms with E-state index in [0.29, 0.717) is 51.8 Å². The normalized spacial score (nSPS) is 26.0. The first-order valence-electron chi connectivity index (χ1n) is 7.40. The lowest BCUT2D eigenvalue weighted by atomic mass is 10.0. The lowest BCUT2D eigenvalue weighted by Gasteiger charge is -2.42. The fourth-order valence-corrected chi connectivity index (χ4v) is 2.93. The lowest BCUT2D eigenvalue weighted by molar-refractivity contribution is -0.145. The molecule has 22 heavy (non-hydrogen) atoms. The van der Waals surface area contributed by atoms with Crippen LogP contribution in [0.3, 0.4) is 0 Å². The summed E-state index contributed by atoms with van der Waals surface area (Å²) in [6, 6.07) is 3.34. The summed E-state index contributed by atoms with van der Waals surface area (Å²) in [7, 11) is 0. The van der Waals surface area contributed by atoms with E-state index >= 15 is 0 Å². The van der Waals surface area contributed by atoms with Crippen LogP contribution >= 0.6 is 0 Å². The van der Waals surface area contributed by atoms with E-state index in [1.807, 2.05) is 0 Å². The van der Waals surface area contributed by atoms with E-state index in [1.165, 1.54) is 13.2 Å². The van der Waals surface area contributed by atoms with Crippen LogP contribution in [-0.4, -0.2) is 73.2 Å². The third kappa shape index (κ3) is 3.00. The van der Waals surface area contributed by atoms with E-state index in [0.717, 1.165) is 0 Å². The number of morpholine rings is 1. The average molecular weight is 308 g/mol.